The zero-order chi connectivity index (χ0) is 8.43. The number of nitrogens with zero attached hydrogens (tertiary/aromatic N) is 2. The number of nitrogens with two attached hydrogens (primary N) is 1. The minimum absolute atomic E-state index is 0.394. The van der Waals surface area contributed by atoms with Crippen LogP contribution in [-0.4, -0.2) is 10.5 Å². The van der Waals surface area contributed by atoms with E-state index in [9.17, 15) is 4.79 Å². The van der Waals surface area contributed by atoms with Crippen LogP contribution in [0.25, 0.3) is 0 Å². The van der Waals surface area contributed by atoms with Crippen LogP contribution in [0.2, 0.25) is 0 Å². The van der Waals surface area contributed by atoms with Crippen molar-refractivity contribution in [1.82, 2.24) is 4.57 Å². The largest absolute Gasteiger partial charge is 0.359 e. The zero-order valence-corrected chi connectivity index (χ0v) is 8.28. The molecule has 0 saturated heterocycles. The number of aromatic nitrogens is 2. The van der Waals surface area contributed by atoms with Gasteiger partial charge in [0, 0.05) is 0 Å². The summed E-state index contributed by atoms with van der Waals surface area (Å²) < 4.78 is 4.24. The molecule has 1 aromatic heterocycles. The van der Waals surface area contributed by atoms with E-state index >= 15 is 0 Å². The maximum Gasteiger partial charge on any atom is 0.348 e. The van der Waals surface area contributed by atoms with Crippen LogP contribution < -0.4 is 10.3 Å². The first-order valence-electron chi connectivity index (χ1n) is 3.07. The normalized spacial score (nSPS) is 10.0. The predicted octanol–water partition coefficient (Wildman–Crippen LogP) is -0.196. The second-order valence-corrected chi connectivity index (χ2v) is 2.87. The van der Waals surface area contributed by atoms with E-state index < -0.39 is 5.91 Å². The number of halogens is 1. The highest BCUT2D eigenvalue weighted by Gasteiger charge is 2.18. The van der Waals surface area contributed by atoms with E-state index in [0.29, 0.717) is 5.82 Å². The van der Waals surface area contributed by atoms with Crippen molar-refractivity contribution in [3.63, 3.8) is 0 Å². The number of carbonyl (C=O) groups excluding carboxylic acids is 1. The molecule has 1 rings (SSSR count). The van der Waals surface area contributed by atoms with Crippen LogP contribution in [0, 0.1) is 0 Å². The molecule has 1 amide bonds. The topological polar surface area (TPSA) is 51.9 Å². The lowest BCUT2D eigenvalue weighted by molar-refractivity contribution is -0.672. The third-order valence-electron chi connectivity index (χ3n) is 1.43. The number of hydrogen-bond donors (Lipinski definition) is 1. The lowest BCUT2D eigenvalue weighted by atomic mass is 10.5. The van der Waals surface area contributed by atoms with Gasteiger partial charge in [-0.1, -0.05) is 0 Å². The Balaban J connectivity index is 3.17. The molecule has 0 saturated carbocycles. The summed E-state index contributed by atoms with van der Waals surface area (Å²) in [6, 6.07) is 0. The molecule has 0 aliphatic rings. The van der Waals surface area contributed by atoms with Crippen LogP contribution in [0.3, 0.4) is 0 Å². The molecule has 0 unspecified atom stereocenters. The van der Waals surface area contributed by atoms with Crippen LogP contribution in [0.15, 0.2) is 12.4 Å². The minimum Gasteiger partial charge on any atom is -0.359 e. The maximum atomic E-state index is 10.8. The monoisotopic (exact) mass is 266 g/mol. The zero-order valence-electron chi connectivity index (χ0n) is 6.12. The summed E-state index contributed by atoms with van der Waals surface area (Å²) in [6.45, 7) is 0. The minimum atomic E-state index is -0.394. The van der Waals surface area contributed by atoms with Gasteiger partial charge in [-0.25, -0.2) is 9.13 Å². The fraction of sp³-hybridized carbons (Fsp3) is 0.333. The van der Waals surface area contributed by atoms with Crippen molar-refractivity contribution in [3.8, 4) is 0 Å². The molecule has 60 valence electrons. The first-order valence-corrected chi connectivity index (χ1v) is 4.60. The first-order chi connectivity index (χ1) is 5.16. The van der Waals surface area contributed by atoms with Crippen LogP contribution >= 0.6 is 22.6 Å². The van der Waals surface area contributed by atoms with Crippen molar-refractivity contribution >= 4 is 28.5 Å². The van der Waals surface area contributed by atoms with Crippen LogP contribution in [0.4, 0.5) is 0 Å². The Hall–Kier alpha value is -0.590. The van der Waals surface area contributed by atoms with Crippen molar-refractivity contribution in [1.29, 1.82) is 0 Å². The summed E-state index contributed by atoms with van der Waals surface area (Å²) in [5.41, 5.74) is 5.15. The molecule has 0 atom stereocenters. The Labute approximate surface area is 78.1 Å². The molecule has 4 nitrogen and oxygen atoms in total. The number of rotatable bonds is 2. The molecule has 0 radical (unpaired) electrons. The van der Waals surface area contributed by atoms with E-state index in [1.165, 1.54) is 0 Å². The van der Waals surface area contributed by atoms with Gasteiger partial charge in [-0.05, 0) is 22.6 Å². The Bertz CT molecular complexity index is 281. The molecular weight excluding hydrogens is 257 g/mol. The van der Waals surface area contributed by atoms with Gasteiger partial charge in [0.15, 0.2) is 0 Å². The third-order valence-corrected chi connectivity index (χ3v) is 2.16. The Kier molecular flexibility index (Phi) is 2.48. The lowest BCUT2D eigenvalue weighted by Gasteiger charge is -1.92. The van der Waals surface area contributed by atoms with Crippen molar-refractivity contribution in [3.05, 3.63) is 18.2 Å². The fourth-order valence-electron chi connectivity index (χ4n) is 0.936. The number of imidazole rings is 1. The number of primary amides is 1. The van der Waals surface area contributed by atoms with E-state index in [-0.39, 0.29) is 0 Å². The molecule has 2 N–H and O–H groups in total. The SMILES string of the molecule is Cn1cc[n+](CI)c1C(N)=O. The van der Waals surface area contributed by atoms with Crippen molar-refractivity contribution in [2.24, 2.45) is 12.8 Å². The first kappa shape index (κ1) is 8.51. The molecule has 0 fully saturated rings. The average molecular weight is 266 g/mol. The Morgan fingerprint density at radius 2 is 2.55 bits per heavy atom. The smallest absolute Gasteiger partial charge is 0.348 e. The predicted molar refractivity (Wildman–Crippen MR) is 48.1 cm³/mol. The van der Waals surface area contributed by atoms with Gasteiger partial charge in [-0.2, -0.15) is 0 Å². The second-order valence-electron chi connectivity index (χ2n) is 2.19. The summed E-state index contributed by atoms with van der Waals surface area (Å²) in [4.78, 5) is 10.8. The summed E-state index contributed by atoms with van der Waals surface area (Å²) in [5.74, 6) is 0.133. The van der Waals surface area contributed by atoms with Crippen molar-refractivity contribution in [2.75, 3.05) is 0 Å². The Morgan fingerprint density at radius 3 is 2.91 bits per heavy atom. The number of amides is 1. The van der Waals surface area contributed by atoms with Crippen molar-refractivity contribution < 1.29 is 9.36 Å². The highest BCUT2D eigenvalue weighted by atomic mass is 127. The van der Waals surface area contributed by atoms with Gasteiger partial charge >= 0.3 is 11.7 Å². The molecule has 5 heteroatoms. The van der Waals surface area contributed by atoms with E-state index in [1.807, 2.05) is 6.20 Å². The Morgan fingerprint density at radius 1 is 1.91 bits per heavy atom. The molecule has 0 bridgehead atoms. The quantitative estimate of drug-likeness (QED) is 0.450. The summed E-state index contributed by atoms with van der Waals surface area (Å²) in [7, 11) is 1.79. The average Bonchev–Trinajstić information content (AvgIpc) is 2.30. The van der Waals surface area contributed by atoms with Gasteiger partial charge in [0.1, 0.15) is 16.9 Å². The molecule has 0 aliphatic carbocycles. The van der Waals surface area contributed by atoms with Crippen LogP contribution in [0.1, 0.15) is 10.6 Å². The van der Waals surface area contributed by atoms with Gasteiger partial charge in [0.25, 0.3) is 0 Å². The molecule has 1 heterocycles. The lowest BCUT2D eigenvalue weighted by Crippen LogP contribution is -2.39. The van der Waals surface area contributed by atoms with Gasteiger partial charge in [-0.3, -0.25) is 4.79 Å². The molecule has 0 aromatic carbocycles. The molecule has 0 aliphatic heterocycles. The van der Waals surface area contributed by atoms with E-state index in [1.54, 1.807) is 22.4 Å². The number of aryl methyl sites for hydroxylation is 1. The summed E-state index contributed by atoms with van der Waals surface area (Å²) in [5, 5.41) is 0. The number of hydrogen-bond acceptors (Lipinski definition) is 1. The highest BCUT2D eigenvalue weighted by Crippen LogP contribution is 1.92. The maximum absolute atomic E-state index is 10.8. The summed E-state index contributed by atoms with van der Waals surface area (Å²) in [6.07, 6.45) is 3.63. The van der Waals surface area contributed by atoms with Gasteiger partial charge < -0.3 is 5.73 Å². The number of alkyl halides is 1. The third kappa shape index (κ3) is 1.52. The van der Waals surface area contributed by atoms with Crippen LogP contribution in [0.5, 0.6) is 0 Å². The second kappa shape index (κ2) is 3.21. The van der Waals surface area contributed by atoms with E-state index in [0.717, 1.165) is 4.55 Å². The van der Waals surface area contributed by atoms with Crippen molar-refractivity contribution in [2.45, 2.75) is 4.55 Å². The van der Waals surface area contributed by atoms with Gasteiger partial charge in [-0.15, -0.1) is 0 Å². The van der Waals surface area contributed by atoms with E-state index in [4.69, 9.17) is 5.73 Å². The summed E-state index contributed by atoms with van der Waals surface area (Å²) >= 11 is 2.17. The van der Waals surface area contributed by atoms with E-state index in [2.05, 4.69) is 22.6 Å². The molecule has 11 heavy (non-hydrogen) atoms. The molecule has 0 spiro atoms. The van der Waals surface area contributed by atoms with Crippen LogP contribution in [-0.2, 0) is 11.6 Å². The highest BCUT2D eigenvalue weighted by molar-refractivity contribution is 14.1. The molecular formula is C6H9IN3O+. The fourth-order valence-corrected chi connectivity index (χ4v) is 1.49. The van der Waals surface area contributed by atoms with Gasteiger partial charge in [0.05, 0.1) is 7.05 Å². The number of carbonyl (C=O) groups is 1. The molecule has 1 aromatic rings. The standard InChI is InChI=1S/C6H8IN3O/c1-9-2-3-10(4-7)6(9)5(8)11/h2-3H,4H2,1H3,(H-,8,11)/p+1. The van der Waals surface area contributed by atoms with Gasteiger partial charge in [0.2, 0.25) is 0 Å².